The molecule has 124 valence electrons. The lowest BCUT2D eigenvalue weighted by molar-refractivity contribution is -0.118. The molecule has 0 saturated carbocycles. The summed E-state index contributed by atoms with van der Waals surface area (Å²) in [5.74, 6) is 1.16. The molecule has 0 fully saturated rings. The first-order valence-corrected chi connectivity index (χ1v) is 8.13. The highest BCUT2D eigenvalue weighted by molar-refractivity contribution is 5.95. The van der Waals surface area contributed by atoms with Gasteiger partial charge in [-0.25, -0.2) is 0 Å². The molecule has 4 rings (SSSR count). The number of fused-ring (bicyclic) bond motifs is 1. The van der Waals surface area contributed by atoms with E-state index < -0.39 is 0 Å². The Labute approximate surface area is 146 Å². The fraction of sp³-hybridized carbons (Fsp3) is 0.0952. The van der Waals surface area contributed by atoms with E-state index in [1.54, 1.807) is 6.07 Å². The molecule has 0 radical (unpaired) electrons. The van der Waals surface area contributed by atoms with Gasteiger partial charge in [0.25, 0.3) is 5.91 Å². The monoisotopic (exact) mass is 331 g/mol. The molecule has 0 unspecified atom stereocenters. The second-order valence-electron chi connectivity index (χ2n) is 5.81. The van der Waals surface area contributed by atoms with Crippen LogP contribution in [-0.2, 0) is 4.79 Å². The van der Waals surface area contributed by atoms with E-state index >= 15 is 0 Å². The Morgan fingerprint density at radius 1 is 0.880 bits per heavy atom. The van der Waals surface area contributed by atoms with Crippen LogP contribution in [0.2, 0.25) is 0 Å². The van der Waals surface area contributed by atoms with Gasteiger partial charge in [0.1, 0.15) is 17.6 Å². The largest absolute Gasteiger partial charge is 0.482 e. The highest BCUT2D eigenvalue weighted by Crippen LogP contribution is 2.35. The molecule has 25 heavy (non-hydrogen) atoms. The number of nitrogens with one attached hydrogen (secondary N) is 1. The van der Waals surface area contributed by atoms with Gasteiger partial charge in [0, 0.05) is 6.07 Å². The van der Waals surface area contributed by atoms with E-state index in [4.69, 9.17) is 9.47 Å². The molecular formula is C21H17NO3. The summed E-state index contributed by atoms with van der Waals surface area (Å²) in [4.78, 5) is 11.5. The number of carbonyl (C=O) groups is 1. The maximum Gasteiger partial charge on any atom is 0.262 e. The van der Waals surface area contributed by atoms with Gasteiger partial charge in [-0.2, -0.15) is 0 Å². The van der Waals surface area contributed by atoms with E-state index in [-0.39, 0.29) is 18.6 Å². The van der Waals surface area contributed by atoms with Crippen molar-refractivity contribution in [2.75, 3.05) is 11.9 Å². The molecule has 4 heteroatoms. The number of benzene rings is 3. The molecule has 1 N–H and O–H groups in total. The lowest BCUT2D eigenvalue weighted by Gasteiger charge is -2.22. The highest BCUT2D eigenvalue weighted by atomic mass is 16.5. The highest BCUT2D eigenvalue weighted by Gasteiger charge is 2.19. The Morgan fingerprint density at radius 2 is 1.52 bits per heavy atom. The molecule has 4 nitrogen and oxygen atoms in total. The molecular weight excluding hydrogens is 314 g/mol. The van der Waals surface area contributed by atoms with E-state index in [9.17, 15) is 4.79 Å². The standard InChI is InChI=1S/C21H17NO3/c23-20-14-24-19-12-11-17(13-18(19)22-20)25-21(15-7-3-1-4-8-15)16-9-5-2-6-10-16/h1-13,21H,14H2,(H,22,23). The van der Waals surface area contributed by atoms with Gasteiger partial charge in [-0.05, 0) is 23.3 Å². The number of rotatable bonds is 4. The van der Waals surface area contributed by atoms with Crippen LogP contribution in [0.5, 0.6) is 11.5 Å². The van der Waals surface area contributed by atoms with Crippen LogP contribution >= 0.6 is 0 Å². The van der Waals surface area contributed by atoms with Gasteiger partial charge in [0.15, 0.2) is 6.61 Å². The summed E-state index contributed by atoms with van der Waals surface area (Å²) in [5.41, 5.74) is 2.76. The average Bonchev–Trinajstić information content (AvgIpc) is 2.67. The summed E-state index contributed by atoms with van der Waals surface area (Å²) in [6.07, 6.45) is -0.235. The normalized spacial score (nSPS) is 12.9. The van der Waals surface area contributed by atoms with Gasteiger partial charge in [-0.3, -0.25) is 4.79 Å². The van der Waals surface area contributed by atoms with Crippen molar-refractivity contribution in [2.45, 2.75) is 6.10 Å². The van der Waals surface area contributed by atoms with E-state index in [1.165, 1.54) is 0 Å². The van der Waals surface area contributed by atoms with Gasteiger partial charge < -0.3 is 14.8 Å². The Morgan fingerprint density at radius 3 is 2.16 bits per heavy atom. The third-order valence-corrected chi connectivity index (χ3v) is 4.04. The minimum Gasteiger partial charge on any atom is -0.482 e. The van der Waals surface area contributed by atoms with E-state index in [1.807, 2.05) is 72.8 Å². The van der Waals surface area contributed by atoms with Crippen molar-refractivity contribution in [3.8, 4) is 11.5 Å². The first-order valence-electron chi connectivity index (χ1n) is 8.13. The first-order chi connectivity index (χ1) is 12.3. The second-order valence-corrected chi connectivity index (χ2v) is 5.81. The molecule has 1 amide bonds. The number of ether oxygens (including phenoxy) is 2. The predicted molar refractivity (Wildman–Crippen MR) is 95.9 cm³/mol. The third kappa shape index (κ3) is 3.33. The Kier molecular flexibility index (Phi) is 4.09. The van der Waals surface area contributed by atoms with Crippen LogP contribution < -0.4 is 14.8 Å². The van der Waals surface area contributed by atoms with Crippen molar-refractivity contribution in [1.82, 2.24) is 0 Å². The smallest absolute Gasteiger partial charge is 0.262 e. The topological polar surface area (TPSA) is 47.6 Å². The zero-order valence-electron chi connectivity index (χ0n) is 13.5. The maximum atomic E-state index is 11.5. The van der Waals surface area contributed by atoms with Crippen LogP contribution in [0.3, 0.4) is 0 Å². The Bertz CT molecular complexity index is 839. The molecule has 0 aromatic heterocycles. The lowest BCUT2D eigenvalue weighted by Crippen LogP contribution is -2.25. The summed E-state index contributed by atoms with van der Waals surface area (Å²) >= 11 is 0. The molecule has 0 spiro atoms. The summed E-state index contributed by atoms with van der Waals surface area (Å²) in [5, 5.41) is 2.81. The summed E-state index contributed by atoms with van der Waals surface area (Å²) in [7, 11) is 0. The van der Waals surface area contributed by atoms with Gasteiger partial charge in [-0.15, -0.1) is 0 Å². The van der Waals surface area contributed by atoms with Crippen molar-refractivity contribution in [3.05, 3.63) is 90.0 Å². The minimum absolute atomic E-state index is 0.0455. The number of anilines is 1. The fourth-order valence-corrected chi connectivity index (χ4v) is 2.86. The number of carbonyl (C=O) groups excluding carboxylic acids is 1. The van der Waals surface area contributed by atoms with Crippen molar-refractivity contribution in [3.63, 3.8) is 0 Å². The van der Waals surface area contributed by atoms with Gasteiger partial charge >= 0.3 is 0 Å². The van der Waals surface area contributed by atoms with Crippen LogP contribution in [-0.4, -0.2) is 12.5 Å². The summed E-state index contributed by atoms with van der Waals surface area (Å²) in [6, 6.07) is 25.6. The molecule has 1 aliphatic heterocycles. The van der Waals surface area contributed by atoms with Crippen LogP contribution in [0.15, 0.2) is 78.9 Å². The zero-order chi connectivity index (χ0) is 17.1. The average molecular weight is 331 g/mol. The molecule has 3 aromatic rings. The van der Waals surface area contributed by atoms with Crippen LogP contribution in [0.4, 0.5) is 5.69 Å². The van der Waals surface area contributed by atoms with E-state index in [0.29, 0.717) is 17.2 Å². The minimum atomic E-state index is -0.235. The van der Waals surface area contributed by atoms with Crippen molar-refractivity contribution < 1.29 is 14.3 Å². The third-order valence-electron chi connectivity index (χ3n) is 4.04. The lowest BCUT2D eigenvalue weighted by atomic mass is 10.0. The molecule has 1 heterocycles. The maximum absolute atomic E-state index is 11.5. The summed E-state index contributed by atoms with van der Waals surface area (Å²) in [6.45, 7) is 0.0455. The quantitative estimate of drug-likeness (QED) is 0.780. The molecule has 0 aliphatic carbocycles. The van der Waals surface area contributed by atoms with Crippen LogP contribution in [0.25, 0.3) is 0 Å². The SMILES string of the molecule is O=C1COc2ccc(OC(c3ccccc3)c3ccccc3)cc2N1. The number of hydrogen-bond donors (Lipinski definition) is 1. The zero-order valence-corrected chi connectivity index (χ0v) is 13.5. The van der Waals surface area contributed by atoms with Gasteiger partial charge in [0.05, 0.1) is 5.69 Å². The molecule has 1 aliphatic rings. The van der Waals surface area contributed by atoms with Crippen LogP contribution in [0.1, 0.15) is 17.2 Å². The van der Waals surface area contributed by atoms with Gasteiger partial charge in [0.2, 0.25) is 0 Å². The molecule has 0 saturated heterocycles. The van der Waals surface area contributed by atoms with E-state index in [2.05, 4.69) is 5.32 Å². The molecule has 3 aromatic carbocycles. The Balaban J connectivity index is 1.68. The van der Waals surface area contributed by atoms with Crippen molar-refractivity contribution in [2.24, 2.45) is 0 Å². The molecule has 0 atom stereocenters. The number of hydrogen-bond acceptors (Lipinski definition) is 3. The van der Waals surface area contributed by atoms with Crippen LogP contribution in [0, 0.1) is 0 Å². The second kappa shape index (κ2) is 6.69. The number of amides is 1. The van der Waals surface area contributed by atoms with Crippen molar-refractivity contribution in [1.29, 1.82) is 0 Å². The van der Waals surface area contributed by atoms with Gasteiger partial charge in [-0.1, -0.05) is 60.7 Å². The first kappa shape index (κ1) is 15.3. The fourth-order valence-electron chi connectivity index (χ4n) is 2.86. The predicted octanol–water partition coefficient (Wildman–Crippen LogP) is 4.19. The van der Waals surface area contributed by atoms with E-state index in [0.717, 1.165) is 11.1 Å². The van der Waals surface area contributed by atoms with Crippen molar-refractivity contribution >= 4 is 11.6 Å². The Hall–Kier alpha value is -3.27. The molecule has 0 bridgehead atoms. The summed E-state index contributed by atoms with van der Waals surface area (Å²) < 4.78 is 11.7.